The molecule has 0 saturated heterocycles. The summed E-state index contributed by atoms with van der Waals surface area (Å²) in [7, 11) is 0. The minimum atomic E-state index is -1.13. The van der Waals surface area contributed by atoms with E-state index in [1.165, 1.54) is 12.8 Å². The minimum absolute atomic E-state index is 0.204. The van der Waals surface area contributed by atoms with Crippen LogP contribution in [0, 0.1) is 0 Å². The Kier molecular flexibility index (Phi) is 2.86. The van der Waals surface area contributed by atoms with Crippen LogP contribution in [0.25, 0.3) is 0 Å². The average Bonchev–Trinajstić information content (AvgIpc) is 2.69. The zero-order valence-electron chi connectivity index (χ0n) is 8.11. The molecule has 1 aliphatic rings. The largest absolute Gasteiger partial charge is 0.475 e. The SMILES string of the molecule is O=C(O)c1nc(Cl)cc(C2CCCC2)n1. The molecular formula is C10H11ClN2O2. The number of carboxylic acid groups (broad SMARTS) is 1. The van der Waals surface area contributed by atoms with E-state index >= 15 is 0 Å². The van der Waals surface area contributed by atoms with Gasteiger partial charge in [0.25, 0.3) is 0 Å². The zero-order chi connectivity index (χ0) is 10.8. The van der Waals surface area contributed by atoms with E-state index in [2.05, 4.69) is 9.97 Å². The molecule has 2 rings (SSSR count). The van der Waals surface area contributed by atoms with Crippen LogP contribution in [-0.2, 0) is 0 Å². The molecule has 15 heavy (non-hydrogen) atoms. The third kappa shape index (κ3) is 2.26. The summed E-state index contributed by atoms with van der Waals surface area (Å²) in [6.45, 7) is 0. The molecule has 4 nitrogen and oxygen atoms in total. The number of hydrogen-bond donors (Lipinski definition) is 1. The summed E-state index contributed by atoms with van der Waals surface area (Å²) in [5, 5.41) is 9.01. The molecular weight excluding hydrogens is 216 g/mol. The van der Waals surface area contributed by atoms with Crippen molar-refractivity contribution in [1.29, 1.82) is 0 Å². The smallest absolute Gasteiger partial charge is 0.373 e. The Hall–Kier alpha value is -1.16. The number of aromatic nitrogens is 2. The Morgan fingerprint density at radius 3 is 2.67 bits per heavy atom. The van der Waals surface area contributed by atoms with Gasteiger partial charge in [-0.3, -0.25) is 0 Å². The van der Waals surface area contributed by atoms with Crippen molar-refractivity contribution in [2.45, 2.75) is 31.6 Å². The number of rotatable bonds is 2. The predicted octanol–water partition coefficient (Wildman–Crippen LogP) is 2.49. The highest BCUT2D eigenvalue weighted by Crippen LogP contribution is 2.33. The van der Waals surface area contributed by atoms with Crippen molar-refractivity contribution in [3.63, 3.8) is 0 Å². The second kappa shape index (κ2) is 4.14. The van der Waals surface area contributed by atoms with Crippen LogP contribution in [0.5, 0.6) is 0 Å². The summed E-state index contributed by atoms with van der Waals surface area (Å²) in [5.41, 5.74) is 0.768. The van der Waals surface area contributed by atoms with Gasteiger partial charge in [-0.2, -0.15) is 0 Å². The molecule has 0 radical (unpaired) electrons. The lowest BCUT2D eigenvalue weighted by Crippen LogP contribution is -2.08. The topological polar surface area (TPSA) is 63.1 Å². The van der Waals surface area contributed by atoms with E-state index in [1.54, 1.807) is 6.07 Å². The molecule has 5 heteroatoms. The summed E-state index contributed by atoms with van der Waals surface area (Å²) in [6.07, 6.45) is 4.47. The molecule has 0 unspecified atom stereocenters. The van der Waals surface area contributed by atoms with Crippen molar-refractivity contribution < 1.29 is 9.90 Å². The van der Waals surface area contributed by atoms with Crippen molar-refractivity contribution in [3.05, 3.63) is 22.7 Å². The van der Waals surface area contributed by atoms with Crippen molar-refractivity contribution in [2.24, 2.45) is 0 Å². The van der Waals surface area contributed by atoms with E-state index in [-0.39, 0.29) is 11.0 Å². The molecule has 0 spiro atoms. The van der Waals surface area contributed by atoms with Crippen molar-refractivity contribution in [2.75, 3.05) is 0 Å². The summed E-state index contributed by atoms with van der Waals surface area (Å²) in [4.78, 5) is 18.4. The van der Waals surface area contributed by atoms with Gasteiger partial charge in [0.2, 0.25) is 5.82 Å². The van der Waals surface area contributed by atoms with E-state index in [0.29, 0.717) is 5.92 Å². The monoisotopic (exact) mass is 226 g/mol. The molecule has 1 heterocycles. The molecule has 1 fully saturated rings. The van der Waals surface area contributed by atoms with Gasteiger partial charge in [-0.15, -0.1) is 0 Å². The normalized spacial score (nSPS) is 16.9. The predicted molar refractivity (Wildman–Crippen MR) is 55.2 cm³/mol. The van der Waals surface area contributed by atoms with Gasteiger partial charge in [-0.25, -0.2) is 14.8 Å². The molecule has 0 aromatic carbocycles. The molecule has 0 bridgehead atoms. The Morgan fingerprint density at radius 1 is 1.40 bits per heavy atom. The van der Waals surface area contributed by atoms with Gasteiger partial charge in [0.15, 0.2) is 0 Å². The molecule has 1 aliphatic carbocycles. The highest BCUT2D eigenvalue weighted by Gasteiger charge is 2.21. The van der Waals surface area contributed by atoms with E-state index in [1.807, 2.05) is 0 Å². The summed E-state index contributed by atoms with van der Waals surface area (Å²) >= 11 is 5.76. The average molecular weight is 227 g/mol. The standard InChI is InChI=1S/C10H11ClN2O2/c11-8-5-7(6-3-1-2-4-6)12-9(13-8)10(14)15/h5-6H,1-4H2,(H,14,15). The summed E-state index contributed by atoms with van der Waals surface area (Å²) < 4.78 is 0. The van der Waals surface area contributed by atoms with Gasteiger partial charge in [0.05, 0.1) is 0 Å². The Balaban J connectivity index is 2.34. The maximum absolute atomic E-state index is 10.7. The number of halogens is 1. The van der Waals surface area contributed by atoms with E-state index < -0.39 is 5.97 Å². The lowest BCUT2D eigenvalue weighted by atomic mass is 10.0. The summed E-state index contributed by atoms with van der Waals surface area (Å²) in [6, 6.07) is 1.67. The fraction of sp³-hybridized carbons (Fsp3) is 0.500. The van der Waals surface area contributed by atoms with E-state index in [4.69, 9.17) is 16.7 Å². The number of nitrogens with zero attached hydrogens (tertiary/aromatic N) is 2. The number of carbonyl (C=O) groups is 1. The van der Waals surface area contributed by atoms with Gasteiger partial charge in [-0.05, 0) is 18.9 Å². The van der Waals surface area contributed by atoms with Gasteiger partial charge < -0.3 is 5.11 Å². The van der Waals surface area contributed by atoms with Crippen LogP contribution in [0.4, 0.5) is 0 Å². The van der Waals surface area contributed by atoms with Crippen LogP contribution in [0.1, 0.15) is 47.9 Å². The first-order chi connectivity index (χ1) is 7.16. The molecule has 80 valence electrons. The fourth-order valence-electron chi connectivity index (χ4n) is 1.96. The second-order valence-corrected chi connectivity index (χ2v) is 4.11. The Bertz CT molecular complexity index is 389. The second-order valence-electron chi connectivity index (χ2n) is 3.73. The highest BCUT2D eigenvalue weighted by molar-refractivity contribution is 6.29. The number of carboxylic acids is 1. The Labute approximate surface area is 92.3 Å². The van der Waals surface area contributed by atoms with Crippen LogP contribution in [0.2, 0.25) is 5.15 Å². The lowest BCUT2D eigenvalue weighted by Gasteiger charge is -2.08. The molecule has 0 amide bonds. The van der Waals surface area contributed by atoms with Crippen LogP contribution in [0.15, 0.2) is 6.07 Å². The molecule has 1 saturated carbocycles. The maximum Gasteiger partial charge on any atom is 0.373 e. The van der Waals surface area contributed by atoms with Gasteiger partial charge in [-0.1, -0.05) is 24.4 Å². The van der Waals surface area contributed by atoms with Crippen LogP contribution in [-0.4, -0.2) is 21.0 Å². The van der Waals surface area contributed by atoms with Crippen LogP contribution >= 0.6 is 11.6 Å². The first-order valence-corrected chi connectivity index (χ1v) is 5.32. The first kappa shape index (κ1) is 10.4. The Morgan fingerprint density at radius 2 is 2.07 bits per heavy atom. The third-order valence-electron chi connectivity index (χ3n) is 2.68. The fourth-order valence-corrected chi connectivity index (χ4v) is 2.15. The van der Waals surface area contributed by atoms with Crippen LogP contribution in [0.3, 0.4) is 0 Å². The number of hydrogen-bond acceptors (Lipinski definition) is 3. The lowest BCUT2D eigenvalue weighted by molar-refractivity contribution is 0.0683. The van der Waals surface area contributed by atoms with Crippen molar-refractivity contribution in [3.8, 4) is 0 Å². The summed E-state index contributed by atoms with van der Waals surface area (Å²) in [5.74, 6) is -0.982. The van der Waals surface area contributed by atoms with Gasteiger partial charge in [0, 0.05) is 11.6 Å². The quantitative estimate of drug-likeness (QED) is 0.787. The molecule has 0 atom stereocenters. The third-order valence-corrected chi connectivity index (χ3v) is 2.87. The van der Waals surface area contributed by atoms with E-state index in [9.17, 15) is 4.79 Å². The minimum Gasteiger partial charge on any atom is -0.475 e. The number of aromatic carboxylic acids is 1. The van der Waals surface area contributed by atoms with Crippen LogP contribution < -0.4 is 0 Å². The van der Waals surface area contributed by atoms with Crippen molar-refractivity contribution in [1.82, 2.24) is 9.97 Å². The molecule has 0 aliphatic heterocycles. The highest BCUT2D eigenvalue weighted by atomic mass is 35.5. The van der Waals surface area contributed by atoms with Gasteiger partial charge in [0.1, 0.15) is 5.15 Å². The maximum atomic E-state index is 10.7. The molecule has 1 aromatic rings. The van der Waals surface area contributed by atoms with Crippen molar-refractivity contribution >= 4 is 17.6 Å². The first-order valence-electron chi connectivity index (χ1n) is 4.94. The molecule has 1 aromatic heterocycles. The van der Waals surface area contributed by atoms with E-state index in [0.717, 1.165) is 18.5 Å². The zero-order valence-corrected chi connectivity index (χ0v) is 8.87. The molecule has 1 N–H and O–H groups in total. The van der Waals surface area contributed by atoms with Gasteiger partial charge >= 0.3 is 5.97 Å².